The van der Waals surface area contributed by atoms with E-state index in [2.05, 4.69) is 0 Å². The van der Waals surface area contributed by atoms with Crippen LogP contribution in [0, 0.1) is 10.1 Å². The fraction of sp³-hybridized carbons (Fsp3) is 0. The van der Waals surface area contributed by atoms with Crippen molar-refractivity contribution in [1.29, 1.82) is 0 Å². The van der Waals surface area contributed by atoms with Crippen molar-refractivity contribution in [1.82, 2.24) is 0 Å². The summed E-state index contributed by atoms with van der Waals surface area (Å²) in [6.45, 7) is 0. The van der Waals surface area contributed by atoms with Crippen LogP contribution < -0.4 is 9.80 Å². The summed E-state index contributed by atoms with van der Waals surface area (Å²) in [6.07, 6.45) is 1.16. The van der Waals surface area contributed by atoms with Crippen molar-refractivity contribution in [3.05, 3.63) is 100 Å². The van der Waals surface area contributed by atoms with Crippen LogP contribution in [0.5, 0.6) is 5.75 Å². The number of para-hydroxylation sites is 2. The number of aromatic hydroxyl groups is 1. The third kappa shape index (κ3) is 3.58. The number of benzene rings is 3. The van der Waals surface area contributed by atoms with Gasteiger partial charge in [0.25, 0.3) is 11.8 Å². The fourth-order valence-electron chi connectivity index (χ4n) is 3.28. The number of hydrogen-bond donors (Lipinski definition) is 1. The molecule has 1 N–H and O–H groups in total. The number of urea groups is 1. The largest absolute Gasteiger partial charge is 0.502 e. The number of hydrogen-bond acceptors (Lipinski definition) is 6. The molecule has 0 spiro atoms. The van der Waals surface area contributed by atoms with E-state index < -0.39 is 34.2 Å². The highest BCUT2D eigenvalue weighted by Gasteiger charge is 2.43. The Morgan fingerprint density at radius 2 is 1.28 bits per heavy atom. The first kappa shape index (κ1) is 20.5. The molecule has 0 saturated carbocycles. The average molecular weight is 429 g/mol. The maximum Gasteiger partial charge on any atom is 0.343 e. The summed E-state index contributed by atoms with van der Waals surface area (Å²) in [5, 5.41) is 20.8. The number of nitro benzene ring substituents is 1. The van der Waals surface area contributed by atoms with Gasteiger partial charge in [-0.1, -0.05) is 42.5 Å². The third-order valence-corrected chi connectivity index (χ3v) is 4.79. The second kappa shape index (κ2) is 8.15. The van der Waals surface area contributed by atoms with Crippen LogP contribution in [0.2, 0.25) is 0 Å². The molecule has 1 aliphatic heterocycles. The third-order valence-electron chi connectivity index (χ3n) is 4.79. The molecular weight excluding hydrogens is 414 g/mol. The predicted octanol–water partition coefficient (Wildman–Crippen LogP) is 3.88. The summed E-state index contributed by atoms with van der Waals surface area (Å²) in [5.41, 5.74) is -0.276. The van der Waals surface area contributed by atoms with Gasteiger partial charge in [-0.15, -0.1) is 0 Å². The lowest BCUT2D eigenvalue weighted by Crippen LogP contribution is -2.57. The zero-order valence-electron chi connectivity index (χ0n) is 16.4. The molecule has 0 aliphatic carbocycles. The van der Waals surface area contributed by atoms with Gasteiger partial charge in [0.05, 0.1) is 16.3 Å². The molecule has 0 unspecified atom stereocenters. The molecule has 3 aromatic carbocycles. The second-order valence-electron chi connectivity index (χ2n) is 6.80. The lowest BCUT2D eigenvalue weighted by Gasteiger charge is -2.33. The SMILES string of the molecule is O=C1C(=Cc2ccc(O)c([N+](=O)[O-])c2)C(=O)N(c2ccccc2)C(=O)N1c1ccccc1. The van der Waals surface area contributed by atoms with Crippen LogP contribution in [-0.4, -0.2) is 27.9 Å². The molecule has 4 amide bonds. The molecule has 4 rings (SSSR count). The van der Waals surface area contributed by atoms with Crippen molar-refractivity contribution in [3.63, 3.8) is 0 Å². The van der Waals surface area contributed by atoms with Gasteiger partial charge in [0.2, 0.25) is 0 Å². The number of amides is 4. The van der Waals surface area contributed by atoms with Gasteiger partial charge in [0, 0.05) is 6.07 Å². The first-order valence-electron chi connectivity index (χ1n) is 9.40. The van der Waals surface area contributed by atoms with E-state index in [1.165, 1.54) is 6.07 Å². The first-order chi connectivity index (χ1) is 15.4. The molecule has 9 heteroatoms. The van der Waals surface area contributed by atoms with Crippen molar-refractivity contribution in [2.75, 3.05) is 9.80 Å². The Balaban J connectivity index is 1.87. The zero-order chi connectivity index (χ0) is 22.8. The number of nitrogens with zero attached hydrogens (tertiary/aromatic N) is 3. The van der Waals surface area contributed by atoms with Crippen LogP contribution in [0.1, 0.15) is 5.56 Å². The Bertz CT molecular complexity index is 1210. The van der Waals surface area contributed by atoms with Crippen LogP contribution in [-0.2, 0) is 9.59 Å². The number of carbonyl (C=O) groups is 3. The van der Waals surface area contributed by atoms with Gasteiger partial charge in [0.1, 0.15) is 5.57 Å². The summed E-state index contributed by atoms with van der Waals surface area (Å²) < 4.78 is 0. The molecule has 3 aromatic rings. The maximum absolute atomic E-state index is 13.2. The lowest BCUT2D eigenvalue weighted by molar-refractivity contribution is -0.385. The highest BCUT2D eigenvalue weighted by atomic mass is 16.6. The summed E-state index contributed by atoms with van der Waals surface area (Å²) in [7, 11) is 0. The Kier molecular flexibility index (Phi) is 5.22. The monoisotopic (exact) mass is 429 g/mol. The molecule has 0 atom stereocenters. The minimum Gasteiger partial charge on any atom is -0.502 e. The number of rotatable bonds is 4. The Morgan fingerprint density at radius 3 is 1.75 bits per heavy atom. The van der Waals surface area contributed by atoms with Gasteiger partial charge in [0.15, 0.2) is 5.75 Å². The number of barbiturate groups is 1. The molecule has 0 bridgehead atoms. The molecule has 158 valence electrons. The summed E-state index contributed by atoms with van der Waals surface area (Å²) >= 11 is 0. The number of carbonyl (C=O) groups excluding carboxylic acids is 3. The van der Waals surface area contributed by atoms with Crippen molar-refractivity contribution in [2.24, 2.45) is 0 Å². The van der Waals surface area contributed by atoms with Gasteiger partial charge >= 0.3 is 11.7 Å². The lowest BCUT2D eigenvalue weighted by atomic mass is 10.0. The summed E-state index contributed by atoms with van der Waals surface area (Å²) in [5.74, 6) is -2.28. The van der Waals surface area contributed by atoms with E-state index in [0.717, 1.165) is 28.0 Å². The standard InChI is InChI=1S/C23H15N3O6/c27-20-12-11-15(14-19(20)26(31)32)13-18-21(28)24(16-7-3-1-4-8-16)23(30)25(22(18)29)17-9-5-2-6-10-17/h1-14,27H. The van der Waals surface area contributed by atoms with E-state index in [-0.39, 0.29) is 22.5 Å². The smallest absolute Gasteiger partial charge is 0.343 e. The predicted molar refractivity (Wildman–Crippen MR) is 116 cm³/mol. The molecule has 0 radical (unpaired) electrons. The molecule has 0 aromatic heterocycles. The molecule has 1 saturated heterocycles. The Labute approximate surface area is 181 Å². The van der Waals surface area contributed by atoms with E-state index in [9.17, 15) is 29.6 Å². The average Bonchev–Trinajstić information content (AvgIpc) is 2.79. The van der Waals surface area contributed by atoms with Crippen molar-refractivity contribution < 1.29 is 24.4 Å². The van der Waals surface area contributed by atoms with E-state index in [1.807, 2.05) is 0 Å². The first-order valence-corrected chi connectivity index (χ1v) is 9.40. The molecule has 1 fully saturated rings. The number of imide groups is 2. The number of anilines is 2. The fourth-order valence-corrected chi connectivity index (χ4v) is 3.28. The van der Waals surface area contributed by atoms with Gasteiger partial charge < -0.3 is 5.11 Å². The molecule has 1 heterocycles. The minimum absolute atomic E-state index is 0.140. The van der Waals surface area contributed by atoms with E-state index in [0.29, 0.717) is 0 Å². The summed E-state index contributed by atoms with van der Waals surface area (Å²) in [4.78, 5) is 51.7. The Hall–Kier alpha value is -4.79. The number of phenols is 1. The van der Waals surface area contributed by atoms with Crippen LogP contribution >= 0.6 is 0 Å². The van der Waals surface area contributed by atoms with Crippen molar-refractivity contribution in [2.45, 2.75) is 0 Å². The topological polar surface area (TPSA) is 121 Å². The van der Waals surface area contributed by atoms with Gasteiger partial charge in [-0.3, -0.25) is 19.7 Å². The molecule has 9 nitrogen and oxygen atoms in total. The molecular formula is C23H15N3O6. The number of phenolic OH excluding ortho intramolecular Hbond substituents is 1. The van der Waals surface area contributed by atoms with Gasteiger partial charge in [-0.2, -0.15) is 0 Å². The van der Waals surface area contributed by atoms with Crippen LogP contribution in [0.4, 0.5) is 21.9 Å². The molecule has 32 heavy (non-hydrogen) atoms. The summed E-state index contributed by atoms with van der Waals surface area (Å²) in [6, 6.07) is 18.8. The maximum atomic E-state index is 13.2. The normalized spacial score (nSPS) is 14.0. The van der Waals surface area contributed by atoms with Crippen LogP contribution in [0.15, 0.2) is 84.4 Å². The second-order valence-corrected chi connectivity index (χ2v) is 6.80. The van der Waals surface area contributed by atoms with E-state index >= 15 is 0 Å². The van der Waals surface area contributed by atoms with Crippen molar-refractivity contribution >= 4 is 41.0 Å². The van der Waals surface area contributed by atoms with Crippen LogP contribution in [0.25, 0.3) is 6.08 Å². The quantitative estimate of drug-likeness (QED) is 0.291. The minimum atomic E-state index is -0.867. The van der Waals surface area contributed by atoms with Gasteiger partial charge in [-0.05, 0) is 42.0 Å². The van der Waals surface area contributed by atoms with Crippen molar-refractivity contribution in [3.8, 4) is 5.75 Å². The number of nitro groups is 1. The zero-order valence-corrected chi connectivity index (χ0v) is 16.4. The van der Waals surface area contributed by atoms with E-state index in [4.69, 9.17) is 0 Å². The van der Waals surface area contributed by atoms with E-state index in [1.54, 1.807) is 60.7 Å². The Morgan fingerprint density at radius 1 is 0.781 bits per heavy atom. The highest BCUT2D eigenvalue weighted by molar-refractivity contribution is 6.46. The highest BCUT2D eigenvalue weighted by Crippen LogP contribution is 2.31. The molecule has 1 aliphatic rings. The van der Waals surface area contributed by atoms with Gasteiger partial charge in [-0.25, -0.2) is 14.6 Å². The van der Waals surface area contributed by atoms with Crippen LogP contribution in [0.3, 0.4) is 0 Å².